The van der Waals surface area contributed by atoms with Crippen molar-refractivity contribution in [1.82, 2.24) is 9.97 Å². The number of aromatic nitrogens is 2. The lowest BCUT2D eigenvalue weighted by Crippen LogP contribution is -2.06. The molecule has 0 fully saturated rings. The van der Waals surface area contributed by atoms with E-state index in [-0.39, 0.29) is 5.56 Å². The largest absolute Gasteiger partial charge is 0.307 e. The van der Waals surface area contributed by atoms with Gasteiger partial charge < -0.3 is 4.98 Å². The monoisotopic (exact) mass is 174 g/mol. The topological polar surface area (TPSA) is 45.8 Å². The number of rotatable bonds is 0. The number of aryl methyl sites for hydroxylation is 2. The van der Waals surface area contributed by atoms with Crippen molar-refractivity contribution in [1.29, 1.82) is 0 Å². The molecule has 0 saturated heterocycles. The van der Waals surface area contributed by atoms with Crippen LogP contribution in [0.2, 0.25) is 0 Å². The maximum absolute atomic E-state index is 11.1. The number of nitrogens with one attached hydrogen (secondary N) is 1. The SMILES string of the molecule is Cc1ccc2c(C)cc(=O)[nH]c2n1. The van der Waals surface area contributed by atoms with Gasteiger partial charge in [0.25, 0.3) is 0 Å². The molecule has 2 rings (SSSR count). The fourth-order valence-electron chi connectivity index (χ4n) is 1.40. The number of nitrogens with zero attached hydrogens (tertiary/aromatic N) is 1. The van der Waals surface area contributed by atoms with E-state index in [1.54, 1.807) is 6.07 Å². The van der Waals surface area contributed by atoms with E-state index >= 15 is 0 Å². The van der Waals surface area contributed by atoms with E-state index in [9.17, 15) is 4.79 Å². The molecular weight excluding hydrogens is 164 g/mol. The van der Waals surface area contributed by atoms with Gasteiger partial charge in [-0.3, -0.25) is 4.79 Å². The van der Waals surface area contributed by atoms with Crippen LogP contribution in [-0.2, 0) is 0 Å². The van der Waals surface area contributed by atoms with Crippen LogP contribution >= 0.6 is 0 Å². The molecule has 3 nitrogen and oxygen atoms in total. The quantitative estimate of drug-likeness (QED) is 0.658. The van der Waals surface area contributed by atoms with Gasteiger partial charge >= 0.3 is 0 Å². The number of H-pyrrole nitrogens is 1. The van der Waals surface area contributed by atoms with E-state index < -0.39 is 0 Å². The highest BCUT2D eigenvalue weighted by Crippen LogP contribution is 2.11. The highest BCUT2D eigenvalue weighted by atomic mass is 16.1. The summed E-state index contributed by atoms with van der Waals surface area (Å²) in [5.41, 5.74) is 2.45. The smallest absolute Gasteiger partial charge is 0.249 e. The number of hydrogen-bond donors (Lipinski definition) is 1. The molecule has 2 heterocycles. The summed E-state index contributed by atoms with van der Waals surface area (Å²) in [6.07, 6.45) is 0. The van der Waals surface area contributed by atoms with Crippen LogP contribution in [0.4, 0.5) is 0 Å². The lowest BCUT2D eigenvalue weighted by molar-refractivity contribution is 1.17. The Morgan fingerprint density at radius 2 is 2.08 bits per heavy atom. The molecule has 2 aromatic heterocycles. The first-order chi connectivity index (χ1) is 6.16. The van der Waals surface area contributed by atoms with Gasteiger partial charge in [-0.25, -0.2) is 4.98 Å². The Morgan fingerprint density at radius 1 is 1.31 bits per heavy atom. The summed E-state index contributed by atoms with van der Waals surface area (Å²) in [6, 6.07) is 5.50. The average molecular weight is 174 g/mol. The van der Waals surface area contributed by atoms with E-state index in [0.717, 1.165) is 16.6 Å². The van der Waals surface area contributed by atoms with Gasteiger partial charge in [-0.1, -0.05) is 0 Å². The highest BCUT2D eigenvalue weighted by Gasteiger charge is 1.99. The zero-order valence-electron chi connectivity index (χ0n) is 7.59. The molecule has 0 radical (unpaired) electrons. The van der Waals surface area contributed by atoms with Crippen LogP contribution in [0.25, 0.3) is 11.0 Å². The molecule has 0 saturated carbocycles. The van der Waals surface area contributed by atoms with Crippen LogP contribution < -0.4 is 5.56 Å². The van der Waals surface area contributed by atoms with Gasteiger partial charge in [0.2, 0.25) is 5.56 Å². The van der Waals surface area contributed by atoms with E-state index in [4.69, 9.17) is 0 Å². The lowest BCUT2D eigenvalue weighted by Gasteiger charge is -2.00. The van der Waals surface area contributed by atoms with Crippen molar-refractivity contribution < 1.29 is 0 Å². The van der Waals surface area contributed by atoms with Crippen LogP contribution in [0.3, 0.4) is 0 Å². The minimum atomic E-state index is -0.0944. The first-order valence-electron chi connectivity index (χ1n) is 4.14. The van der Waals surface area contributed by atoms with E-state index in [1.165, 1.54) is 0 Å². The number of fused-ring (bicyclic) bond motifs is 1. The summed E-state index contributed by atoms with van der Waals surface area (Å²) in [5.74, 6) is 0. The van der Waals surface area contributed by atoms with Gasteiger partial charge in [-0.15, -0.1) is 0 Å². The van der Waals surface area contributed by atoms with Crippen molar-refractivity contribution in [3.63, 3.8) is 0 Å². The van der Waals surface area contributed by atoms with Gasteiger partial charge in [0.15, 0.2) is 0 Å². The van der Waals surface area contributed by atoms with Gasteiger partial charge in [0, 0.05) is 17.1 Å². The molecular formula is C10H10N2O. The Balaban J connectivity index is 2.94. The van der Waals surface area contributed by atoms with Crippen LogP contribution in [-0.4, -0.2) is 9.97 Å². The van der Waals surface area contributed by atoms with E-state index in [1.807, 2.05) is 26.0 Å². The highest BCUT2D eigenvalue weighted by molar-refractivity contribution is 5.78. The van der Waals surface area contributed by atoms with Gasteiger partial charge in [0.05, 0.1) is 0 Å². The van der Waals surface area contributed by atoms with E-state index in [2.05, 4.69) is 9.97 Å². The van der Waals surface area contributed by atoms with E-state index in [0.29, 0.717) is 5.65 Å². The Bertz CT molecular complexity index is 514. The molecule has 3 heteroatoms. The molecule has 0 aliphatic rings. The van der Waals surface area contributed by atoms with Crippen LogP contribution in [0.5, 0.6) is 0 Å². The predicted molar refractivity (Wildman–Crippen MR) is 51.8 cm³/mol. The summed E-state index contributed by atoms with van der Waals surface area (Å²) >= 11 is 0. The van der Waals surface area contributed by atoms with Crippen molar-refractivity contribution in [3.8, 4) is 0 Å². The molecule has 0 amide bonds. The standard InChI is InChI=1S/C10H10N2O/c1-6-5-9(13)12-10-8(6)4-3-7(2)11-10/h3-5H,1-2H3,(H,11,12,13). The average Bonchev–Trinajstić information content (AvgIpc) is 2.02. The summed E-state index contributed by atoms with van der Waals surface area (Å²) in [5, 5.41) is 1.00. The zero-order valence-corrected chi connectivity index (χ0v) is 7.59. The third-order valence-electron chi connectivity index (χ3n) is 2.05. The molecule has 1 N–H and O–H groups in total. The summed E-state index contributed by atoms with van der Waals surface area (Å²) < 4.78 is 0. The Labute approximate surface area is 75.4 Å². The first kappa shape index (κ1) is 7.98. The first-order valence-corrected chi connectivity index (χ1v) is 4.14. The molecule has 0 aromatic carbocycles. The molecule has 13 heavy (non-hydrogen) atoms. The maximum Gasteiger partial charge on any atom is 0.249 e. The molecule has 0 spiro atoms. The Kier molecular flexibility index (Phi) is 1.65. The van der Waals surface area contributed by atoms with Crippen LogP contribution in [0, 0.1) is 13.8 Å². The van der Waals surface area contributed by atoms with Crippen molar-refractivity contribution in [2.75, 3.05) is 0 Å². The molecule has 0 bridgehead atoms. The number of pyridine rings is 2. The normalized spacial score (nSPS) is 10.6. The van der Waals surface area contributed by atoms with Crippen molar-refractivity contribution in [2.24, 2.45) is 0 Å². The summed E-state index contributed by atoms with van der Waals surface area (Å²) in [4.78, 5) is 18.1. The molecule has 0 aliphatic carbocycles. The third kappa shape index (κ3) is 1.33. The summed E-state index contributed by atoms with van der Waals surface area (Å²) in [6.45, 7) is 3.81. The van der Waals surface area contributed by atoms with Crippen molar-refractivity contribution >= 4 is 11.0 Å². The van der Waals surface area contributed by atoms with Gasteiger partial charge in [-0.2, -0.15) is 0 Å². The molecule has 0 aliphatic heterocycles. The summed E-state index contributed by atoms with van der Waals surface area (Å²) in [7, 11) is 0. The Morgan fingerprint density at radius 3 is 2.85 bits per heavy atom. The third-order valence-corrected chi connectivity index (χ3v) is 2.05. The number of aromatic amines is 1. The van der Waals surface area contributed by atoms with Gasteiger partial charge in [0.1, 0.15) is 5.65 Å². The van der Waals surface area contributed by atoms with Crippen molar-refractivity contribution in [2.45, 2.75) is 13.8 Å². The van der Waals surface area contributed by atoms with Gasteiger partial charge in [-0.05, 0) is 31.5 Å². The minimum Gasteiger partial charge on any atom is -0.307 e. The Hall–Kier alpha value is -1.64. The van der Waals surface area contributed by atoms with Crippen LogP contribution in [0.15, 0.2) is 23.0 Å². The fourth-order valence-corrected chi connectivity index (χ4v) is 1.40. The van der Waals surface area contributed by atoms with Crippen molar-refractivity contribution in [3.05, 3.63) is 39.8 Å². The second kappa shape index (κ2) is 2.69. The van der Waals surface area contributed by atoms with Crippen LogP contribution in [0.1, 0.15) is 11.3 Å². The lowest BCUT2D eigenvalue weighted by atomic mass is 10.2. The zero-order chi connectivity index (χ0) is 9.42. The molecule has 2 aromatic rings. The predicted octanol–water partition coefficient (Wildman–Crippen LogP) is 1.54. The minimum absolute atomic E-state index is 0.0944. The molecule has 0 atom stereocenters. The maximum atomic E-state index is 11.1. The molecule has 66 valence electrons. The fraction of sp³-hybridized carbons (Fsp3) is 0.200. The second-order valence-electron chi connectivity index (χ2n) is 3.17. The molecule has 0 unspecified atom stereocenters. The number of hydrogen-bond acceptors (Lipinski definition) is 2. The second-order valence-corrected chi connectivity index (χ2v) is 3.17.